The van der Waals surface area contributed by atoms with Gasteiger partial charge in [-0.15, -0.1) is 0 Å². The van der Waals surface area contributed by atoms with Gasteiger partial charge >= 0.3 is 0 Å². The Morgan fingerprint density at radius 3 is 2.76 bits per heavy atom. The molecule has 1 N–H and O–H groups in total. The minimum absolute atomic E-state index is 0.110. The summed E-state index contributed by atoms with van der Waals surface area (Å²) in [7, 11) is 0. The van der Waals surface area contributed by atoms with Crippen molar-refractivity contribution in [2.75, 3.05) is 19.6 Å². The highest BCUT2D eigenvalue weighted by molar-refractivity contribution is 5.88. The molecule has 0 unspecified atom stereocenters. The van der Waals surface area contributed by atoms with Crippen LogP contribution in [-0.4, -0.2) is 42.5 Å². The summed E-state index contributed by atoms with van der Waals surface area (Å²) in [6.07, 6.45) is -0.599. The molecule has 0 bridgehead atoms. The monoisotopic (exact) mass is 290 g/mol. The molecule has 5 nitrogen and oxygen atoms in total. The normalized spacial score (nSPS) is 16.6. The van der Waals surface area contributed by atoms with Crippen LogP contribution in [0.15, 0.2) is 24.3 Å². The highest BCUT2D eigenvalue weighted by Crippen LogP contribution is 2.21. The van der Waals surface area contributed by atoms with Gasteiger partial charge in [0.15, 0.2) is 6.10 Å². The van der Waals surface area contributed by atoms with Crippen LogP contribution >= 0.6 is 0 Å². The average molecular weight is 290 g/mol. The topological polar surface area (TPSA) is 58.6 Å². The molecule has 1 fully saturated rings. The van der Waals surface area contributed by atoms with Crippen molar-refractivity contribution in [2.45, 2.75) is 32.8 Å². The summed E-state index contributed by atoms with van der Waals surface area (Å²) >= 11 is 0. The second kappa shape index (κ2) is 6.61. The molecule has 1 aromatic carbocycles. The first-order valence-electron chi connectivity index (χ1n) is 7.29. The van der Waals surface area contributed by atoms with E-state index >= 15 is 0 Å². The van der Waals surface area contributed by atoms with Gasteiger partial charge in [0.25, 0.3) is 5.91 Å². The number of amides is 2. The van der Waals surface area contributed by atoms with Crippen LogP contribution in [0.25, 0.3) is 0 Å². The summed E-state index contributed by atoms with van der Waals surface area (Å²) < 4.78 is 5.73. The highest BCUT2D eigenvalue weighted by Gasteiger charge is 2.26. The van der Waals surface area contributed by atoms with E-state index in [1.54, 1.807) is 6.92 Å². The number of nitrogens with one attached hydrogen (secondary N) is 1. The summed E-state index contributed by atoms with van der Waals surface area (Å²) in [6.45, 7) is 7.08. The molecular weight excluding hydrogens is 268 g/mol. The quantitative estimate of drug-likeness (QED) is 0.915. The van der Waals surface area contributed by atoms with Gasteiger partial charge in [-0.25, -0.2) is 0 Å². The standard InChI is InChI=1S/C16H22N2O3/c1-11(2)13-5-4-6-14(9-13)21-12(3)16(20)18-8-7-17-15(19)10-18/h4-6,9,11-12H,7-8,10H2,1-3H3,(H,17,19)/t12-/m1/s1. The third-order valence-corrected chi connectivity index (χ3v) is 3.54. The van der Waals surface area contributed by atoms with E-state index in [-0.39, 0.29) is 18.4 Å². The third-order valence-electron chi connectivity index (χ3n) is 3.54. The summed E-state index contributed by atoms with van der Waals surface area (Å²) in [5.41, 5.74) is 1.17. The predicted molar refractivity (Wildman–Crippen MR) is 80.2 cm³/mol. The van der Waals surface area contributed by atoms with Crippen molar-refractivity contribution >= 4 is 11.8 Å². The third kappa shape index (κ3) is 3.97. The van der Waals surface area contributed by atoms with E-state index in [0.29, 0.717) is 24.8 Å². The summed E-state index contributed by atoms with van der Waals surface area (Å²) in [4.78, 5) is 25.2. The number of rotatable bonds is 4. The first kappa shape index (κ1) is 15.4. The number of benzene rings is 1. The molecule has 2 rings (SSSR count). The van der Waals surface area contributed by atoms with Crippen LogP contribution in [0.1, 0.15) is 32.3 Å². The average Bonchev–Trinajstić information content (AvgIpc) is 2.46. The summed E-state index contributed by atoms with van der Waals surface area (Å²) in [5, 5.41) is 2.70. The molecule has 0 aliphatic carbocycles. The lowest BCUT2D eigenvalue weighted by molar-refractivity contribution is -0.143. The van der Waals surface area contributed by atoms with Crippen LogP contribution in [0.4, 0.5) is 0 Å². The van der Waals surface area contributed by atoms with Gasteiger partial charge in [0, 0.05) is 13.1 Å². The molecule has 2 amide bonds. The van der Waals surface area contributed by atoms with Crippen molar-refractivity contribution in [2.24, 2.45) is 0 Å². The van der Waals surface area contributed by atoms with Crippen molar-refractivity contribution in [3.8, 4) is 5.75 Å². The zero-order chi connectivity index (χ0) is 15.4. The maximum Gasteiger partial charge on any atom is 0.263 e. The van der Waals surface area contributed by atoms with Crippen molar-refractivity contribution in [1.29, 1.82) is 0 Å². The number of hydrogen-bond acceptors (Lipinski definition) is 3. The number of carbonyl (C=O) groups is 2. The molecule has 0 spiro atoms. The molecule has 1 aliphatic heterocycles. The Morgan fingerprint density at radius 2 is 2.10 bits per heavy atom. The van der Waals surface area contributed by atoms with Crippen molar-refractivity contribution in [3.05, 3.63) is 29.8 Å². The smallest absolute Gasteiger partial charge is 0.263 e. The fourth-order valence-corrected chi connectivity index (χ4v) is 2.29. The van der Waals surface area contributed by atoms with Gasteiger partial charge in [-0.2, -0.15) is 0 Å². The molecule has 1 heterocycles. The molecule has 1 aromatic rings. The van der Waals surface area contributed by atoms with Crippen LogP contribution in [0.5, 0.6) is 5.75 Å². The fraction of sp³-hybridized carbons (Fsp3) is 0.500. The molecule has 5 heteroatoms. The fourth-order valence-electron chi connectivity index (χ4n) is 2.29. The lowest BCUT2D eigenvalue weighted by Gasteiger charge is -2.29. The van der Waals surface area contributed by atoms with Crippen molar-refractivity contribution < 1.29 is 14.3 Å². The maximum atomic E-state index is 12.3. The Hall–Kier alpha value is -2.04. The molecule has 1 aliphatic rings. The Labute approximate surface area is 125 Å². The lowest BCUT2D eigenvalue weighted by Crippen LogP contribution is -2.53. The van der Waals surface area contributed by atoms with E-state index in [1.807, 2.05) is 24.3 Å². The summed E-state index contributed by atoms with van der Waals surface area (Å²) in [6, 6.07) is 7.77. The number of nitrogens with zero attached hydrogens (tertiary/aromatic N) is 1. The van der Waals surface area contributed by atoms with E-state index in [0.717, 1.165) is 0 Å². The van der Waals surface area contributed by atoms with E-state index in [4.69, 9.17) is 4.74 Å². The number of hydrogen-bond donors (Lipinski definition) is 1. The van der Waals surface area contributed by atoms with Crippen molar-refractivity contribution in [1.82, 2.24) is 10.2 Å². The predicted octanol–water partition coefficient (Wildman–Crippen LogP) is 1.54. The maximum absolute atomic E-state index is 12.3. The van der Waals surface area contributed by atoms with E-state index in [1.165, 1.54) is 10.5 Å². The number of ether oxygens (including phenoxy) is 1. The highest BCUT2D eigenvalue weighted by atomic mass is 16.5. The Kier molecular flexibility index (Phi) is 4.83. The van der Waals surface area contributed by atoms with Crippen LogP contribution in [-0.2, 0) is 9.59 Å². The van der Waals surface area contributed by atoms with Gasteiger partial charge < -0.3 is 15.0 Å². The van der Waals surface area contributed by atoms with E-state index in [2.05, 4.69) is 19.2 Å². The van der Waals surface area contributed by atoms with Crippen LogP contribution in [0.2, 0.25) is 0 Å². The minimum atomic E-state index is -0.599. The molecule has 114 valence electrons. The largest absolute Gasteiger partial charge is 0.481 e. The zero-order valence-corrected chi connectivity index (χ0v) is 12.8. The molecule has 21 heavy (non-hydrogen) atoms. The van der Waals surface area contributed by atoms with Crippen LogP contribution in [0.3, 0.4) is 0 Å². The SMILES string of the molecule is CC(C)c1cccc(O[C@H](C)C(=O)N2CCNC(=O)C2)c1. The van der Waals surface area contributed by atoms with Crippen LogP contribution in [0, 0.1) is 0 Å². The van der Waals surface area contributed by atoms with Crippen LogP contribution < -0.4 is 10.1 Å². The van der Waals surface area contributed by atoms with Gasteiger partial charge in [0.2, 0.25) is 5.91 Å². The molecular formula is C16H22N2O3. The lowest BCUT2D eigenvalue weighted by atomic mass is 10.0. The van der Waals surface area contributed by atoms with Gasteiger partial charge in [-0.1, -0.05) is 26.0 Å². The first-order valence-corrected chi connectivity index (χ1v) is 7.29. The Bertz CT molecular complexity index is 528. The second-order valence-electron chi connectivity index (χ2n) is 5.60. The number of piperazine rings is 1. The van der Waals surface area contributed by atoms with E-state index < -0.39 is 6.10 Å². The molecule has 1 saturated heterocycles. The van der Waals surface area contributed by atoms with E-state index in [9.17, 15) is 9.59 Å². The minimum Gasteiger partial charge on any atom is -0.481 e. The van der Waals surface area contributed by atoms with Crippen molar-refractivity contribution in [3.63, 3.8) is 0 Å². The van der Waals surface area contributed by atoms with Gasteiger partial charge in [0.05, 0.1) is 6.54 Å². The Balaban J connectivity index is 2.00. The zero-order valence-electron chi connectivity index (χ0n) is 12.8. The van der Waals surface area contributed by atoms with Gasteiger partial charge in [-0.3, -0.25) is 9.59 Å². The molecule has 0 saturated carbocycles. The second-order valence-corrected chi connectivity index (χ2v) is 5.60. The molecule has 0 radical (unpaired) electrons. The summed E-state index contributed by atoms with van der Waals surface area (Å²) in [5.74, 6) is 0.817. The molecule has 0 aromatic heterocycles. The van der Waals surface area contributed by atoms with Gasteiger partial charge in [0.1, 0.15) is 5.75 Å². The van der Waals surface area contributed by atoms with Gasteiger partial charge in [-0.05, 0) is 30.5 Å². The Morgan fingerprint density at radius 1 is 1.33 bits per heavy atom. The molecule has 1 atom stereocenters. The first-order chi connectivity index (χ1) is 9.97. The number of carbonyl (C=O) groups excluding carboxylic acids is 2.